The fraction of sp³-hybridized carbons (Fsp3) is 0.263. The second-order valence-corrected chi connectivity index (χ2v) is 6.11. The van der Waals surface area contributed by atoms with Gasteiger partial charge >= 0.3 is 0 Å². The van der Waals surface area contributed by atoms with Crippen molar-refractivity contribution in [2.45, 2.75) is 12.3 Å². The number of aromatic nitrogens is 2. The Morgan fingerprint density at radius 3 is 2.88 bits per heavy atom. The summed E-state index contributed by atoms with van der Waals surface area (Å²) in [5.74, 6) is 2.10. The van der Waals surface area contributed by atoms with Crippen LogP contribution in [0.25, 0.3) is 11.0 Å². The lowest BCUT2D eigenvalue weighted by molar-refractivity contribution is 0.0790. The number of hydrogen-bond donors (Lipinski definition) is 1. The van der Waals surface area contributed by atoms with Crippen molar-refractivity contribution in [3.05, 3.63) is 59.9 Å². The van der Waals surface area contributed by atoms with Crippen LogP contribution in [0.3, 0.4) is 0 Å². The van der Waals surface area contributed by atoms with E-state index < -0.39 is 0 Å². The van der Waals surface area contributed by atoms with Crippen molar-refractivity contribution in [3.63, 3.8) is 0 Å². The molecule has 1 amide bonds. The number of imidazole rings is 1. The number of amides is 1. The summed E-state index contributed by atoms with van der Waals surface area (Å²) in [7, 11) is 1.66. The maximum Gasteiger partial charge on any atom is 0.253 e. The molecule has 1 aliphatic rings. The third kappa shape index (κ3) is 2.62. The van der Waals surface area contributed by atoms with Gasteiger partial charge in [0, 0.05) is 30.6 Å². The van der Waals surface area contributed by atoms with Crippen LogP contribution in [-0.4, -0.2) is 41.0 Å². The van der Waals surface area contributed by atoms with Gasteiger partial charge in [-0.1, -0.05) is 18.2 Å². The molecular weight excluding hydrogens is 302 g/mol. The summed E-state index contributed by atoms with van der Waals surface area (Å²) >= 11 is 0. The smallest absolute Gasteiger partial charge is 0.253 e. The number of aromatic amines is 1. The average Bonchev–Trinajstić information content (AvgIpc) is 3.27. The normalized spacial score (nSPS) is 17.4. The molecular formula is C19H19N3O2. The second kappa shape index (κ2) is 6.00. The van der Waals surface area contributed by atoms with Crippen molar-refractivity contribution >= 4 is 16.9 Å². The van der Waals surface area contributed by atoms with Crippen LogP contribution in [0.5, 0.6) is 5.75 Å². The molecule has 1 N–H and O–H groups in total. The monoisotopic (exact) mass is 321 g/mol. The molecule has 1 atom stereocenters. The van der Waals surface area contributed by atoms with Crippen LogP contribution in [0.15, 0.2) is 48.5 Å². The highest BCUT2D eigenvalue weighted by Gasteiger charge is 2.29. The predicted molar refractivity (Wildman–Crippen MR) is 92.3 cm³/mol. The van der Waals surface area contributed by atoms with Gasteiger partial charge in [-0.3, -0.25) is 4.79 Å². The minimum atomic E-state index is 0.0934. The van der Waals surface area contributed by atoms with Crippen molar-refractivity contribution in [1.82, 2.24) is 14.9 Å². The SMILES string of the molecule is COc1ccc2nc([C@H]3CCN(C(=O)c4ccccc4)C3)[nH]c2c1. The van der Waals surface area contributed by atoms with E-state index >= 15 is 0 Å². The summed E-state index contributed by atoms with van der Waals surface area (Å²) in [4.78, 5) is 22.5. The van der Waals surface area contributed by atoms with Crippen LogP contribution in [0.2, 0.25) is 0 Å². The molecule has 0 unspecified atom stereocenters. The number of rotatable bonds is 3. The molecule has 1 aliphatic heterocycles. The summed E-state index contributed by atoms with van der Waals surface area (Å²) in [5, 5.41) is 0. The van der Waals surface area contributed by atoms with Crippen LogP contribution >= 0.6 is 0 Å². The molecule has 0 spiro atoms. The van der Waals surface area contributed by atoms with Crippen molar-refractivity contribution in [2.24, 2.45) is 0 Å². The summed E-state index contributed by atoms with van der Waals surface area (Å²) in [6.07, 6.45) is 0.926. The molecule has 24 heavy (non-hydrogen) atoms. The van der Waals surface area contributed by atoms with Gasteiger partial charge in [0.2, 0.25) is 0 Å². The first-order valence-corrected chi connectivity index (χ1v) is 8.12. The fourth-order valence-corrected chi connectivity index (χ4v) is 3.26. The third-order valence-corrected chi connectivity index (χ3v) is 4.59. The average molecular weight is 321 g/mol. The number of ether oxygens (including phenoxy) is 1. The molecule has 0 bridgehead atoms. The van der Waals surface area contributed by atoms with Crippen molar-refractivity contribution in [3.8, 4) is 5.75 Å². The molecule has 1 aromatic heterocycles. The van der Waals surface area contributed by atoms with E-state index in [2.05, 4.69) is 9.97 Å². The Hall–Kier alpha value is -2.82. The number of H-pyrrole nitrogens is 1. The molecule has 5 heteroatoms. The summed E-state index contributed by atoms with van der Waals surface area (Å²) in [6.45, 7) is 1.46. The maximum absolute atomic E-state index is 12.6. The number of fused-ring (bicyclic) bond motifs is 1. The summed E-state index contributed by atoms with van der Waals surface area (Å²) < 4.78 is 5.25. The molecule has 2 heterocycles. The highest BCUT2D eigenvalue weighted by Crippen LogP contribution is 2.29. The van der Waals surface area contributed by atoms with Crippen LogP contribution in [0, 0.1) is 0 Å². The van der Waals surface area contributed by atoms with E-state index in [1.54, 1.807) is 7.11 Å². The standard InChI is InChI=1S/C19H19N3O2/c1-24-15-7-8-16-17(11-15)21-18(20-16)14-9-10-22(12-14)19(23)13-5-3-2-4-6-13/h2-8,11,14H,9-10,12H2,1H3,(H,20,21)/t14-/m0/s1. The number of nitrogens with one attached hydrogen (secondary N) is 1. The van der Waals surface area contributed by atoms with Crippen molar-refractivity contribution < 1.29 is 9.53 Å². The maximum atomic E-state index is 12.6. The van der Waals surface area contributed by atoms with Gasteiger partial charge < -0.3 is 14.6 Å². The minimum absolute atomic E-state index is 0.0934. The molecule has 4 rings (SSSR count). The van der Waals surface area contributed by atoms with E-state index in [0.717, 1.165) is 41.1 Å². The Bertz CT molecular complexity index is 873. The lowest BCUT2D eigenvalue weighted by Crippen LogP contribution is -2.28. The number of methoxy groups -OCH3 is 1. The topological polar surface area (TPSA) is 58.2 Å². The van der Waals surface area contributed by atoms with Gasteiger partial charge in [0.25, 0.3) is 5.91 Å². The van der Waals surface area contributed by atoms with Gasteiger partial charge in [-0.05, 0) is 30.7 Å². The number of benzene rings is 2. The van der Waals surface area contributed by atoms with Crippen LogP contribution in [-0.2, 0) is 0 Å². The van der Waals surface area contributed by atoms with Gasteiger partial charge in [-0.2, -0.15) is 0 Å². The van der Waals surface area contributed by atoms with Gasteiger partial charge in [0.1, 0.15) is 11.6 Å². The minimum Gasteiger partial charge on any atom is -0.497 e. The molecule has 0 saturated carbocycles. The molecule has 0 radical (unpaired) electrons. The molecule has 5 nitrogen and oxygen atoms in total. The van der Waals surface area contributed by atoms with E-state index in [1.807, 2.05) is 53.4 Å². The fourth-order valence-electron chi connectivity index (χ4n) is 3.26. The van der Waals surface area contributed by atoms with Gasteiger partial charge in [-0.25, -0.2) is 4.98 Å². The van der Waals surface area contributed by atoms with Crippen LogP contribution in [0.1, 0.15) is 28.5 Å². The van der Waals surface area contributed by atoms with E-state index in [0.29, 0.717) is 6.54 Å². The Kier molecular flexibility index (Phi) is 3.69. The van der Waals surface area contributed by atoms with Crippen LogP contribution < -0.4 is 4.74 Å². The first-order valence-electron chi connectivity index (χ1n) is 8.12. The Labute approximate surface area is 140 Å². The quantitative estimate of drug-likeness (QED) is 0.806. The second-order valence-electron chi connectivity index (χ2n) is 6.11. The van der Waals surface area contributed by atoms with E-state index in [9.17, 15) is 4.79 Å². The molecule has 1 fully saturated rings. The number of carbonyl (C=O) groups is 1. The summed E-state index contributed by atoms with van der Waals surface area (Å²) in [6, 6.07) is 15.3. The molecule has 1 saturated heterocycles. The molecule has 2 aromatic carbocycles. The van der Waals surface area contributed by atoms with Crippen molar-refractivity contribution in [2.75, 3.05) is 20.2 Å². The Balaban J connectivity index is 1.53. The van der Waals surface area contributed by atoms with Gasteiger partial charge in [0.05, 0.1) is 18.1 Å². The first kappa shape index (κ1) is 14.8. The lowest BCUT2D eigenvalue weighted by Gasteiger charge is -2.16. The number of likely N-dealkylation sites (tertiary alicyclic amines) is 1. The van der Waals surface area contributed by atoms with Gasteiger partial charge in [0.15, 0.2) is 0 Å². The predicted octanol–water partition coefficient (Wildman–Crippen LogP) is 3.20. The summed E-state index contributed by atoms with van der Waals surface area (Å²) in [5.41, 5.74) is 2.64. The molecule has 3 aromatic rings. The highest BCUT2D eigenvalue weighted by atomic mass is 16.5. The lowest BCUT2D eigenvalue weighted by atomic mass is 10.1. The van der Waals surface area contributed by atoms with E-state index in [-0.39, 0.29) is 11.8 Å². The molecule has 0 aliphatic carbocycles. The van der Waals surface area contributed by atoms with Gasteiger partial charge in [-0.15, -0.1) is 0 Å². The van der Waals surface area contributed by atoms with E-state index in [4.69, 9.17) is 4.74 Å². The number of hydrogen-bond acceptors (Lipinski definition) is 3. The molecule has 122 valence electrons. The largest absolute Gasteiger partial charge is 0.497 e. The Morgan fingerprint density at radius 2 is 2.08 bits per heavy atom. The van der Waals surface area contributed by atoms with E-state index in [1.165, 1.54) is 0 Å². The van der Waals surface area contributed by atoms with Crippen molar-refractivity contribution in [1.29, 1.82) is 0 Å². The zero-order valence-electron chi connectivity index (χ0n) is 13.5. The Morgan fingerprint density at radius 1 is 1.25 bits per heavy atom. The van der Waals surface area contributed by atoms with Crippen LogP contribution in [0.4, 0.5) is 0 Å². The number of nitrogens with zero attached hydrogens (tertiary/aromatic N) is 2. The zero-order valence-corrected chi connectivity index (χ0v) is 13.5. The number of carbonyl (C=O) groups excluding carboxylic acids is 1. The highest BCUT2D eigenvalue weighted by molar-refractivity contribution is 5.94. The first-order chi connectivity index (χ1) is 11.7. The third-order valence-electron chi connectivity index (χ3n) is 4.59. The zero-order chi connectivity index (χ0) is 16.5.